The molecule has 0 saturated carbocycles. The molecule has 4 aromatic carbocycles. The van der Waals surface area contributed by atoms with Crippen molar-refractivity contribution in [1.29, 1.82) is 0 Å². The number of thioether (sulfide) groups is 1. The van der Waals surface area contributed by atoms with Gasteiger partial charge < -0.3 is 5.32 Å². The van der Waals surface area contributed by atoms with E-state index in [2.05, 4.69) is 174 Å². The van der Waals surface area contributed by atoms with E-state index in [1.165, 1.54) is 54.6 Å². The lowest BCUT2D eigenvalue weighted by molar-refractivity contribution is 0.557. The van der Waals surface area contributed by atoms with Crippen LogP contribution in [0, 0.1) is 12.8 Å². The molecule has 0 aromatic heterocycles. The first-order valence-electron chi connectivity index (χ1n) is 17.8. The van der Waals surface area contributed by atoms with Crippen LogP contribution in [0.4, 0.5) is 5.69 Å². The summed E-state index contributed by atoms with van der Waals surface area (Å²) >= 11 is 2.06. The van der Waals surface area contributed by atoms with E-state index < -0.39 is 0 Å². The van der Waals surface area contributed by atoms with Crippen LogP contribution in [0.25, 0.3) is 22.4 Å². The number of allylic oxidation sites excluding steroid dienone is 11. The van der Waals surface area contributed by atoms with Gasteiger partial charge in [0.2, 0.25) is 0 Å². The molecule has 1 heterocycles. The third-order valence-electron chi connectivity index (χ3n) is 9.79. The van der Waals surface area contributed by atoms with Gasteiger partial charge >= 0.3 is 0 Å². The zero-order valence-electron chi connectivity index (χ0n) is 30.7. The number of para-hydroxylation sites is 1. The van der Waals surface area contributed by atoms with Crippen LogP contribution < -0.4 is 5.32 Å². The summed E-state index contributed by atoms with van der Waals surface area (Å²) in [7, 11) is 1.91. The average molecular weight is 676 g/mol. The van der Waals surface area contributed by atoms with Crippen molar-refractivity contribution in [2.24, 2.45) is 0 Å². The van der Waals surface area contributed by atoms with E-state index >= 15 is 0 Å². The zero-order valence-corrected chi connectivity index (χ0v) is 31.6. The highest BCUT2D eigenvalue weighted by molar-refractivity contribution is 8.01. The number of hydrogen-bond acceptors (Lipinski definition) is 2. The third-order valence-corrected chi connectivity index (χ3v) is 11.4. The number of terminal acetylenes is 1. The second-order valence-electron chi connectivity index (χ2n) is 12.9. The molecule has 2 heteroatoms. The lowest BCUT2D eigenvalue weighted by Gasteiger charge is -2.28. The lowest BCUT2D eigenvalue weighted by Crippen LogP contribution is -2.22. The Morgan fingerprint density at radius 1 is 0.920 bits per heavy atom. The molecule has 256 valence electrons. The molecule has 0 spiro atoms. The maximum atomic E-state index is 4.00. The summed E-state index contributed by atoms with van der Waals surface area (Å²) in [4.78, 5) is 1.45. The molecule has 1 aliphatic carbocycles. The molecular weight excluding hydrogens is 623 g/mol. The third kappa shape index (κ3) is 9.09. The normalized spacial score (nSPS) is 18.4. The summed E-state index contributed by atoms with van der Waals surface area (Å²) in [6.07, 6.45) is 34.7. The predicted molar refractivity (Wildman–Crippen MR) is 225 cm³/mol. The van der Waals surface area contributed by atoms with Crippen LogP contribution in [0.1, 0.15) is 81.2 Å². The molecule has 1 nitrogen and oxygen atoms in total. The van der Waals surface area contributed by atoms with Gasteiger partial charge in [-0.05, 0) is 127 Å². The van der Waals surface area contributed by atoms with Gasteiger partial charge in [-0.15, -0.1) is 24.6 Å². The Hall–Kier alpha value is -4.71. The Morgan fingerprint density at radius 2 is 1.62 bits per heavy atom. The molecule has 1 aliphatic heterocycles. The minimum atomic E-state index is 0.162. The SMILES string of the molecule is C#C.CNc1ccccc1.C\C=C/C=C\C(\C=C/Cc1c2c(c3ccccc3c1/C(C)=C/CC1(C)Sc3ccccc3C1C)CCC=C2)=C\C. The smallest absolute Gasteiger partial charge is 0.0337 e. The topological polar surface area (TPSA) is 12.0 Å². The van der Waals surface area contributed by atoms with E-state index in [4.69, 9.17) is 0 Å². The summed E-state index contributed by atoms with van der Waals surface area (Å²) in [6.45, 7) is 11.4. The van der Waals surface area contributed by atoms with Crippen LogP contribution in [0.2, 0.25) is 0 Å². The van der Waals surface area contributed by atoms with Crippen molar-refractivity contribution in [2.45, 2.75) is 75.9 Å². The highest BCUT2D eigenvalue weighted by Gasteiger charge is 2.39. The molecule has 6 rings (SSSR count). The monoisotopic (exact) mass is 675 g/mol. The fourth-order valence-corrected chi connectivity index (χ4v) is 8.35. The number of benzene rings is 4. The zero-order chi connectivity index (χ0) is 35.9. The number of rotatable bonds is 9. The van der Waals surface area contributed by atoms with Gasteiger partial charge in [0, 0.05) is 22.4 Å². The van der Waals surface area contributed by atoms with E-state index in [0.717, 1.165) is 31.4 Å². The maximum Gasteiger partial charge on any atom is 0.0337 e. The maximum absolute atomic E-state index is 4.00. The molecule has 2 unspecified atom stereocenters. The molecule has 0 fully saturated rings. The van der Waals surface area contributed by atoms with E-state index in [1.54, 1.807) is 0 Å². The Labute approximate surface area is 306 Å². The van der Waals surface area contributed by atoms with Crippen LogP contribution in [0.15, 0.2) is 144 Å². The van der Waals surface area contributed by atoms with Gasteiger partial charge in [-0.1, -0.05) is 128 Å². The first-order chi connectivity index (χ1) is 24.4. The van der Waals surface area contributed by atoms with E-state index in [0.29, 0.717) is 5.92 Å². The van der Waals surface area contributed by atoms with E-state index in [1.807, 2.05) is 37.4 Å². The molecular formula is C48H53NS. The summed E-state index contributed by atoms with van der Waals surface area (Å²) in [5.74, 6) is 0.526. The summed E-state index contributed by atoms with van der Waals surface area (Å²) in [5, 5.41) is 5.84. The fourth-order valence-electron chi connectivity index (χ4n) is 6.87. The highest BCUT2D eigenvalue weighted by Crippen LogP contribution is 2.55. The van der Waals surface area contributed by atoms with Gasteiger partial charge in [0.1, 0.15) is 0 Å². The average Bonchev–Trinajstić information content (AvgIpc) is 3.43. The van der Waals surface area contributed by atoms with E-state index in [9.17, 15) is 0 Å². The van der Waals surface area contributed by atoms with Crippen molar-refractivity contribution >= 4 is 39.9 Å². The Morgan fingerprint density at radius 3 is 2.30 bits per heavy atom. The van der Waals surface area contributed by atoms with Crippen LogP contribution in [0.5, 0.6) is 0 Å². The number of nitrogens with one attached hydrogen (secondary N) is 1. The second-order valence-corrected chi connectivity index (χ2v) is 14.5. The standard InChI is InChI=1S/C39H42S.C7H9N.C2H2/c1-6-8-9-17-30(7-2)18-16-24-36-34-21-11-10-20-32(34)33-22-12-13-23-35(33)38(36)28(3)26-27-39(5)29(4)31-19-14-15-25-37(31)40-39;1-8-7-5-3-2-4-6-7;1-2/h6-9,11-19,21-23,25-26,29H,10,20,24,27H2,1-5H3;2-6,8H,1H3;1-2H/b8-6-,17-9-,18-16-,28-26+,30-7-;;. The van der Waals surface area contributed by atoms with Gasteiger partial charge in [-0.25, -0.2) is 0 Å². The molecule has 0 saturated heterocycles. The van der Waals surface area contributed by atoms with Crippen molar-refractivity contribution in [3.05, 3.63) is 167 Å². The molecule has 0 amide bonds. The van der Waals surface area contributed by atoms with Crippen molar-refractivity contribution in [3.8, 4) is 12.8 Å². The van der Waals surface area contributed by atoms with Gasteiger partial charge in [0.05, 0.1) is 0 Å². The summed E-state index contributed by atoms with van der Waals surface area (Å²) in [5.41, 5.74) is 11.1. The van der Waals surface area contributed by atoms with Crippen molar-refractivity contribution in [3.63, 3.8) is 0 Å². The first-order valence-corrected chi connectivity index (χ1v) is 18.6. The fraction of sp³-hybridized carbons (Fsp3) is 0.250. The Bertz CT molecular complexity index is 1930. The molecule has 0 radical (unpaired) electrons. The van der Waals surface area contributed by atoms with Crippen molar-refractivity contribution < 1.29 is 0 Å². The molecule has 2 atom stereocenters. The minimum Gasteiger partial charge on any atom is -0.388 e. The molecule has 2 aliphatic rings. The highest BCUT2D eigenvalue weighted by atomic mass is 32.2. The van der Waals surface area contributed by atoms with Crippen LogP contribution in [-0.4, -0.2) is 11.8 Å². The van der Waals surface area contributed by atoms with E-state index in [-0.39, 0.29) is 4.75 Å². The predicted octanol–water partition coefficient (Wildman–Crippen LogP) is 13.4. The minimum absolute atomic E-state index is 0.162. The number of hydrogen-bond donors (Lipinski definition) is 1. The van der Waals surface area contributed by atoms with Gasteiger partial charge in [0.15, 0.2) is 0 Å². The second kappa shape index (κ2) is 18.9. The van der Waals surface area contributed by atoms with Crippen molar-refractivity contribution in [1.82, 2.24) is 0 Å². The first kappa shape index (κ1) is 38.1. The molecule has 1 N–H and O–H groups in total. The van der Waals surface area contributed by atoms with Crippen LogP contribution in [-0.2, 0) is 12.8 Å². The summed E-state index contributed by atoms with van der Waals surface area (Å²) < 4.78 is 0.162. The Balaban J connectivity index is 0.000000489. The molecule has 4 aromatic rings. The summed E-state index contributed by atoms with van der Waals surface area (Å²) in [6, 6.07) is 28.1. The van der Waals surface area contributed by atoms with Gasteiger partial charge in [-0.3, -0.25) is 0 Å². The van der Waals surface area contributed by atoms with Gasteiger partial charge in [-0.2, -0.15) is 0 Å². The number of anilines is 1. The number of aryl methyl sites for hydroxylation is 1. The largest absolute Gasteiger partial charge is 0.388 e. The molecule has 0 bridgehead atoms. The van der Waals surface area contributed by atoms with Crippen LogP contribution >= 0.6 is 11.8 Å². The quantitative estimate of drug-likeness (QED) is 0.140. The number of fused-ring (bicyclic) bond motifs is 4. The van der Waals surface area contributed by atoms with Crippen molar-refractivity contribution in [2.75, 3.05) is 12.4 Å². The lowest BCUT2D eigenvalue weighted by atomic mass is 9.80. The van der Waals surface area contributed by atoms with Crippen LogP contribution in [0.3, 0.4) is 0 Å². The van der Waals surface area contributed by atoms with Gasteiger partial charge in [0.25, 0.3) is 0 Å². The Kier molecular flexibility index (Phi) is 14.4. The molecule has 50 heavy (non-hydrogen) atoms.